The van der Waals surface area contributed by atoms with Gasteiger partial charge in [0.2, 0.25) is 0 Å². The van der Waals surface area contributed by atoms with Gasteiger partial charge in [-0.05, 0) is 51.1 Å². The third-order valence-electron chi connectivity index (χ3n) is 4.64. The van der Waals surface area contributed by atoms with E-state index in [1.54, 1.807) is 0 Å². The van der Waals surface area contributed by atoms with Gasteiger partial charge < -0.3 is 5.32 Å². The first-order chi connectivity index (χ1) is 8.42. The molecule has 0 radical (unpaired) electrons. The Balaban J connectivity index is 1.64. The summed E-state index contributed by atoms with van der Waals surface area (Å²) >= 11 is 0. The van der Waals surface area contributed by atoms with Gasteiger partial charge >= 0.3 is 0 Å². The highest BCUT2D eigenvalue weighted by atomic mass is 15.2. The van der Waals surface area contributed by atoms with Crippen molar-refractivity contribution in [2.45, 2.75) is 64.3 Å². The third-order valence-corrected chi connectivity index (χ3v) is 4.64. The van der Waals surface area contributed by atoms with E-state index >= 15 is 0 Å². The molecule has 0 bridgehead atoms. The molecule has 0 spiro atoms. The van der Waals surface area contributed by atoms with Gasteiger partial charge in [0.25, 0.3) is 0 Å². The van der Waals surface area contributed by atoms with E-state index in [0.717, 1.165) is 12.0 Å². The standard InChI is InChI=1S/C15H30N2/c1-2-3-10-16-11-13-17-12-6-9-15(17)14-7-4-5-8-14/h14-16H,2-13H2,1H3. The molecule has 1 saturated carbocycles. The number of nitrogens with zero attached hydrogens (tertiary/aromatic N) is 1. The predicted octanol–water partition coefficient (Wildman–Crippen LogP) is 3.03. The maximum absolute atomic E-state index is 3.58. The smallest absolute Gasteiger partial charge is 0.0124 e. The normalized spacial score (nSPS) is 27.0. The molecule has 17 heavy (non-hydrogen) atoms. The highest BCUT2D eigenvalue weighted by Crippen LogP contribution is 2.34. The Bertz CT molecular complexity index is 199. The summed E-state index contributed by atoms with van der Waals surface area (Å²) in [6.07, 6.45) is 11.5. The van der Waals surface area contributed by atoms with Gasteiger partial charge in [-0.2, -0.15) is 0 Å². The summed E-state index contributed by atoms with van der Waals surface area (Å²) in [4.78, 5) is 2.77. The minimum atomic E-state index is 0.936. The molecule has 0 amide bonds. The maximum Gasteiger partial charge on any atom is 0.0124 e. The lowest BCUT2D eigenvalue weighted by atomic mass is 9.96. The number of unbranched alkanes of at least 4 members (excludes halogenated alkanes) is 1. The Hall–Kier alpha value is -0.0800. The van der Waals surface area contributed by atoms with E-state index in [-0.39, 0.29) is 0 Å². The van der Waals surface area contributed by atoms with E-state index in [1.165, 1.54) is 77.5 Å². The fourth-order valence-electron chi connectivity index (χ4n) is 3.65. The van der Waals surface area contributed by atoms with Gasteiger partial charge in [0.1, 0.15) is 0 Å². The molecule has 1 unspecified atom stereocenters. The van der Waals surface area contributed by atoms with Gasteiger partial charge in [-0.3, -0.25) is 4.90 Å². The molecule has 1 N–H and O–H groups in total. The van der Waals surface area contributed by atoms with Crippen LogP contribution in [0.4, 0.5) is 0 Å². The summed E-state index contributed by atoms with van der Waals surface area (Å²) in [7, 11) is 0. The molecule has 1 saturated heterocycles. The van der Waals surface area contributed by atoms with Crippen LogP contribution in [0.15, 0.2) is 0 Å². The van der Waals surface area contributed by atoms with E-state index < -0.39 is 0 Å². The molecule has 1 aliphatic carbocycles. The van der Waals surface area contributed by atoms with Crippen molar-refractivity contribution in [3.8, 4) is 0 Å². The largest absolute Gasteiger partial charge is 0.315 e. The molecule has 0 aromatic rings. The second-order valence-electron chi connectivity index (χ2n) is 5.89. The van der Waals surface area contributed by atoms with Crippen molar-refractivity contribution in [3.63, 3.8) is 0 Å². The summed E-state index contributed by atoms with van der Waals surface area (Å²) in [6.45, 7) is 7.31. The molecular weight excluding hydrogens is 208 g/mol. The van der Waals surface area contributed by atoms with Crippen molar-refractivity contribution in [2.24, 2.45) is 5.92 Å². The lowest BCUT2D eigenvalue weighted by molar-refractivity contribution is 0.191. The molecule has 2 aliphatic rings. The van der Waals surface area contributed by atoms with Crippen molar-refractivity contribution in [1.82, 2.24) is 10.2 Å². The highest BCUT2D eigenvalue weighted by molar-refractivity contribution is 4.87. The molecule has 0 aromatic carbocycles. The number of hydrogen-bond acceptors (Lipinski definition) is 2. The van der Waals surface area contributed by atoms with Crippen LogP contribution < -0.4 is 5.32 Å². The molecule has 2 heteroatoms. The summed E-state index contributed by atoms with van der Waals surface area (Å²) in [6, 6.07) is 0.936. The molecule has 1 heterocycles. The highest BCUT2D eigenvalue weighted by Gasteiger charge is 2.32. The van der Waals surface area contributed by atoms with Crippen LogP contribution in [0.1, 0.15) is 58.3 Å². The quantitative estimate of drug-likeness (QED) is 0.686. The Morgan fingerprint density at radius 1 is 1.06 bits per heavy atom. The van der Waals surface area contributed by atoms with Crippen LogP contribution in [0.2, 0.25) is 0 Å². The zero-order valence-electron chi connectivity index (χ0n) is 11.6. The lowest BCUT2D eigenvalue weighted by Crippen LogP contribution is -2.39. The Kier molecular flexibility index (Phi) is 5.79. The van der Waals surface area contributed by atoms with E-state index in [9.17, 15) is 0 Å². The van der Waals surface area contributed by atoms with Crippen molar-refractivity contribution in [2.75, 3.05) is 26.2 Å². The molecule has 1 aliphatic heterocycles. The summed E-state index contributed by atoms with van der Waals surface area (Å²) in [5.74, 6) is 1.04. The second kappa shape index (κ2) is 7.38. The van der Waals surface area contributed by atoms with Crippen molar-refractivity contribution in [3.05, 3.63) is 0 Å². The van der Waals surface area contributed by atoms with Crippen LogP contribution in [0.3, 0.4) is 0 Å². The second-order valence-corrected chi connectivity index (χ2v) is 5.89. The minimum Gasteiger partial charge on any atom is -0.315 e. The van der Waals surface area contributed by atoms with Gasteiger partial charge in [-0.1, -0.05) is 26.2 Å². The Morgan fingerprint density at radius 2 is 1.88 bits per heavy atom. The molecule has 2 fully saturated rings. The van der Waals surface area contributed by atoms with Crippen LogP contribution in [0, 0.1) is 5.92 Å². The summed E-state index contributed by atoms with van der Waals surface area (Å²) < 4.78 is 0. The summed E-state index contributed by atoms with van der Waals surface area (Å²) in [5.41, 5.74) is 0. The lowest BCUT2D eigenvalue weighted by Gasteiger charge is -2.29. The average molecular weight is 238 g/mol. The SMILES string of the molecule is CCCCNCCN1CCCC1C1CCCC1. The molecule has 0 aromatic heterocycles. The van der Waals surface area contributed by atoms with Crippen molar-refractivity contribution >= 4 is 0 Å². The van der Waals surface area contributed by atoms with Gasteiger partial charge in [0.05, 0.1) is 0 Å². The fraction of sp³-hybridized carbons (Fsp3) is 1.00. The van der Waals surface area contributed by atoms with E-state index in [4.69, 9.17) is 0 Å². The first kappa shape index (κ1) is 13.4. The minimum absolute atomic E-state index is 0.936. The number of hydrogen-bond donors (Lipinski definition) is 1. The average Bonchev–Trinajstić information content (AvgIpc) is 2.98. The van der Waals surface area contributed by atoms with Crippen LogP contribution >= 0.6 is 0 Å². The van der Waals surface area contributed by atoms with Gasteiger partial charge in [-0.15, -0.1) is 0 Å². The Labute approximate surface area is 107 Å². The van der Waals surface area contributed by atoms with Crippen LogP contribution in [-0.4, -0.2) is 37.1 Å². The molecule has 1 atom stereocenters. The van der Waals surface area contributed by atoms with Crippen molar-refractivity contribution in [1.29, 1.82) is 0 Å². The fourth-order valence-corrected chi connectivity index (χ4v) is 3.65. The van der Waals surface area contributed by atoms with Gasteiger partial charge in [0.15, 0.2) is 0 Å². The van der Waals surface area contributed by atoms with E-state index in [2.05, 4.69) is 17.1 Å². The van der Waals surface area contributed by atoms with Gasteiger partial charge in [0, 0.05) is 19.1 Å². The predicted molar refractivity (Wildman–Crippen MR) is 74.3 cm³/mol. The first-order valence-corrected chi connectivity index (χ1v) is 7.86. The molecule has 100 valence electrons. The monoisotopic (exact) mass is 238 g/mol. The Morgan fingerprint density at radius 3 is 2.65 bits per heavy atom. The molecule has 2 nitrogen and oxygen atoms in total. The number of rotatable bonds is 7. The molecular formula is C15H30N2. The number of likely N-dealkylation sites (tertiary alicyclic amines) is 1. The zero-order chi connectivity index (χ0) is 11.9. The maximum atomic E-state index is 3.58. The van der Waals surface area contributed by atoms with Crippen LogP contribution in [0.25, 0.3) is 0 Å². The topological polar surface area (TPSA) is 15.3 Å². The van der Waals surface area contributed by atoms with E-state index in [0.29, 0.717) is 0 Å². The van der Waals surface area contributed by atoms with Gasteiger partial charge in [-0.25, -0.2) is 0 Å². The van der Waals surface area contributed by atoms with Crippen LogP contribution in [0.5, 0.6) is 0 Å². The van der Waals surface area contributed by atoms with Crippen LogP contribution in [-0.2, 0) is 0 Å². The molecule has 2 rings (SSSR count). The first-order valence-electron chi connectivity index (χ1n) is 7.86. The van der Waals surface area contributed by atoms with E-state index in [1.807, 2.05) is 0 Å². The van der Waals surface area contributed by atoms with Crippen molar-refractivity contribution < 1.29 is 0 Å². The third kappa shape index (κ3) is 3.96. The summed E-state index contributed by atoms with van der Waals surface area (Å²) in [5, 5.41) is 3.58. The zero-order valence-corrected chi connectivity index (χ0v) is 11.6. The number of nitrogens with one attached hydrogen (secondary N) is 1.